The highest BCUT2D eigenvalue weighted by molar-refractivity contribution is 5.96. The molecule has 1 aromatic carbocycles. The molecule has 100 valence electrons. The number of ether oxygens (including phenoxy) is 1. The van der Waals surface area contributed by atoms with E-state index in [4.69, 9.17) is 4.74 Å². The van der Waals surface area contributed by atoms with Gasteiger partial charge in [-0.05, 0) is 18.6 Å². The second-order valence-corrected chi connectivity index (χ2v) is 3.86. The molecule has 0 aliphatic heterocycles. The lowest BCUT2D eigenvalue weighted by atomic mass is 10.1. The summed E-state index contributed by atoms with van der Waals surface area (Å²) in [6, 6.07) is 4.45. The monoisotopic (exact) mass is 260 g/mol. The summed E-state index contributed by atoms with van der Waals surface area (Å²) in [6.45, 7) is 2.73. The van der Waals surface area contributed by atoms with Gasteiger partial charge in [-0.3, -0.25) is 4.79 Å². The molecule has 0 radical (unpaired) electrons. The fourth-order valence-electron chi connectivity index (χ4n) is 1.42. The molecule has 0 saturated carbocycles. The number of rotatable bonds is 6. The van der Waals surface area contributed by atoms with Crippen LogP contribution in [0.4, 0.5) is 13.2 Å². The normalized spacial score (nSPS) is 11.6. The summed E-state index contributed by atoms with van der Waals surface area (Å²) in [7, 11) is 0. The Balaban J connectivity index is 2.63. The standard InChI is InChI=1S/C13H15F3O2/c1-2-7-18-8-6-12(17)10-4-3-5-11(9-10)13(14,15)16/h3-5,9H,2,6-8H2,1H3. The maximum absolute atomic E-state index is 12.4. The molecule has 0 fully saturated rings. The Bertz CT molecular complexity index is 399. The van der Waals surface area contributed by atoms with Gasteiger partial charge in [0, 0.05) is 18.6 Å². The van der Waals surface area contributed by atoms with Gasteiger partial charge in [0.15, 0.2) is 5.78 Å². The third-order valence-corrected chi connectivity index (χ3v) is 2.33. The zero-order valence-electron chi connectivity index (χ0n) is 10.1. The van der Waals surface area contributed by atoms with Crippen LogP contribution in [0.15, 0.2) is 24.3 Å². The highest BCUT2D eigenvalue weighted by atomic mass is 19.4. The minimum atomic E-state index is -4.42. The second-order valence-electron chi connectivity index (χ2n) is 3.86. The van der Waals surface area contributed by atoms with Crippen molar-refractivity contribution in [3.63, 3.8) is 0 Å². The van der Waals surface area contributed by atoms with Crippen molar-refractivity contribution in [3.05, 3.63) is 35.4 Å². The lowest BCUT2D eigenvalue weighted by molar-refractivity contribution is -0.137. The molecule has 1 rings (SSSR count). The number of carbonyl (C=O) groups excluding carboxylic acids is 1. The molecule has 0 bridgehead atoms. The summed E-state index contributed by atoms with van der Waals surface area (Å²) < 4.78 is 42.5. The number of alkyl halides is 3. The molecule has 2 nitrogen and oxygen atoms in total. The molecule has 1 aromatic rings. The molecule has 0 heterocycles. The van der Waals surface area contributed by atoms with Gasteiger partial charge in [0.05, 0.1) is 12.2 Å². The first-order valence-corrected chi connectivity index (χ1v) is 5.73. The molecule has 0 aliphatic rings. The minimum absolute atomic E-state index is 0.0740. The van der Waals surface area contributed by atoms with E-state index < -0.39 is 11.7 Å². The summed E-state index contributed by atoms with van der Waals surface area (Å²) in [6.07, 6.45) is -3.48. The zero-order chi connectivity index (χ0) is 13.6. The van der Waals surface area contributed by atoms with Crippen molar-refractivity contribution in [2.75, 3.05) is 13.2 Å². The van der Waals surface area contributed by atoms with E-state index in [-0.39, 0.29) is 24.4 Å². The predicted molar refractivity (Wildman–Crippen MR) is 61.5 cm³/mol. The van der Waals surface area contributed by atoms with E-state index in [1.165, 1.54) is 12.1 Å². The van der Waals surface area contributed by atoms with Gasteiger partial charge in [0.1, 0.15) is 0 Å². The largest absolute Gasteiger partial charge is 0.416 e. The highest BCUT2D eigenvalue weighted by Gasteiger charge is 2.30. The number of Topliss-reactive ketones (excluding diaryl/α,β-unsaturated/α-hetero) is 1. The lowest BCUT2D eigenvalue weighted by Crippen LogP contribution is -2.09. The molecule has 18 heavy (non-hydrogen) atoms. The van der Waals surface area contributed by atoms with Gasteiger partial charge in [-0.2, -0.15) is 13.2 Å². The van der Waals surface area contributed by atoms with E-state index in [2.05, 4.69) is 0 Å². The fourth-order valence-corrected chi connectivity index (χ4v) is 1.42. The zero-order valence-corrected chi connectivity index (χ0v) is 10.1. The van der Waals surface area contributed by atoms with Gasteiger partial charge in [-0.25, -0.2) is 0 Å². The molecule has 0 amide bonds. The molecular weight excluding hydrogens is 245 g/mol. The second kappa shape index (κ2) is 6.54. The van der Waals surface area contributed by atoms with Gasteiger partial charge in [-0.15, -0.1) is 0 Å². The van der Waals surface area contributed by atoms with Crippen molar-refractivity contribution in [3.8, 4) is 0 Å². The van der Waals surface area contributed by atoms with E-state index in [0.717, 1.165) is 18.6 Å². The maximum Gasteiger partial charge on any atom is 0.416 e. The number of hydrogen-bond acceptors (Lipinski definition) is 2. The van der Waals surface area contributed by atoms with Crippen molar-refractivity contribution < 1.29 is 22.7 Å². The quantitative estimate of drug-likeness (QED) is 0.575. The fraction of sp³-hybridized carbons (Fsp3) is 0.462. The maximum atomic E-state index is 12.4. The van der Waals surface area contributed by atoms with Crippen LogP contribution in [0.1, 0.15) is 35.7 Å². The average molecular weight is 260 g/mol. The van der Waals surface area contributed by atoms with Crippen molar-refractivity contribution in [1.82, 2.24) is 0 Å². The van der Waals surface area contributed by atoms with Crippen LogP contribution in [0.25, 0.3) is 0 Å². The van der Waals surface area contributed by atoms with Gasteiger partial charge >= 0.3 is 6.18 Å². The van der Waals surface area contributed by atoms with Crippen molar-refractivity contribution in [2.24, 2.45) is 0 Å². The Hall–Kier alpha value is -1.36. The van der Waals surface area contributed by atoms with E-state index in [9.17, 15) is 18.0 Å². The van der Waals surface area contributed by atoms with Crippen molar-refractivity contribution in [1.29, 1.82) is 0 Å². The third kappa shape index (κ3) is 4.49. The van der Waals surface area contributed by atoms with Gasteiger partial charge in [0.25, 0.3) is 0 Å². The molecule has 0 unspecified atom stereocenters. The first-order chi connectivity index (χ1) is 8.45. The summed E-state index contributed by atoms with van der Waals surface area (Å²) in [4.78, 5) is 11.6. The molecule has 0 saturated heterocycles. The topological polar surface area (TPSA) is 26.3 Å². The minimum Gasteiger partial charge on any atom is -0.381 e. The Morgan fingerprint density at radius 2 is 2.00 bits per heavy atom. The Kier molecular flexibility index (Phi) is 5.34. The van der Waals surface area contributed by atoms with Crippen LogP contribution in [0.2, 0.25) is 0 Å². The van der Waals surface area contributed by atoms with Gasteiger partial charge < -0.3 is 4.74 Å². The number of carbonyl (C=O) groups is 1. The number of ketones is 1. The first-order valence-electron chi connectivity index (χ1n) is 5.73. The van der Waals surface area contributed by atoms with Crippen LogP contribution in [0, 0.1) is 0 Å². The van der Waals surface area contributed by atoms with Crippen LogP contribution >= 0.6 is 0 Å². The summed E-state index contributed by atoms with van der Waals surface area (Å²) in [5.41, 5.74) is -0.729. The van der Waals surface area contributed by atoms with Crippen LogP contribution in [-0.2, 0) is 10.9 Å². The lowest BCUT2D eigenvalue weighted by Gasteiger charge is -2.08. The van der Waals surface area contributed by atoms with Crippen LogP contribution < -0.4 is 0 Å². The highest BCUT2D eigenvalue weighted by Crippen LogP contribution is 2.29. The number of halogens is 3. The molecule has 5 heteroatoms. The molecule has 0 aromatic heterocycles. The van der Waals surface area contributed by atoms with Crippen molar-refractivity contribution >= 4 is 5.78 Å². The van der Waals surface area contributed by atoms with E-state index in [0.29, 0.717) is 6.61 Å². The van der Waals surface area contributed by atoms with E-state index in [1.54, 1.807) is 0 Å². The van der Waals surface area contributed by atoms with Crippen LogP contribution in [0.5, 0.6) is 0 Å². The van der Waals surface area contributed by atoms with E-state index in [1.807, 2.05) is 6.92 Å². The first kappa shape index (κ1) is 14.7. The van der Waals surface area contributed by atoms with Crippen LogP contribution in [-0.4, -0.2) is 19.0 Å². The van der Waals surface area contributed by atoms with Gasteiger partial charge in [0.2, 0.25) is 0 Å². The SMILES string of the molecule is CCCOCCC(=O)c1cccc(C(F)(F)F)c1. The number of hydrogen-bond donors (Lipinski definition) is 0. The smallest absolute Gasteiger partial charge is 0.381 e. The Labute approximate surface area is 104 Å². The average Bonchev–Trinajstić information content (AvgIpc) is 2.33. The summed E-state index contributed by atoms with van der Waals surface area (Å²) >= 11 is 0. The molecule has 0 spiro atoms. The predicted octanol–water partition coefficient (Wildman–Crippen LogP) is 3.70. The third-order valence-electron chi connectivity index (χ3n) is 2.33. The Morgan fingerprint density at radius 1 is 1.28 bits per heavy atom. The molecule has 0 N–H and O–H groups in total. The van der Waals surface area contributed by atoms with Gasteiger partial charge in [-0.1, -0.05) is 19.1 Å². The summed E-state index contributed by atoms with van der Waals surface area (Å²) in [5, 5.41) is 0. The molecular formula is C13H15F3O2. The summed E-state index contributed by atoms with van der Waals surface area (Å²) in [5.74, 6) is -0.336. The Morgan fingerprint density at radius 3 is 2.61 bits per heavy atom. The van der Waals surface area contributed by atoms with E-state index >= 15 is 0 Å². The van der Waals surface area contributed by atoms with Crippen molar-refractivity contribution in [2.45, 2.75) is 25.9 Å². The number of benzene rings is 1. The van der Waals surface area contributed by atoms with Crippen LogP contribution in [0.3, 0.4) is 0 Å². The molecule has 0 aliphatic carbocycles. The molecule has 0 atom stereocenters.